The first-order valence-electron chi connectivity index (χ1n) is 12.7. The van der Waals surface area contributed by atoms with Crippen molar-refractivity contribution in [2.45, 2.75) is 119 Å². The third-order valence-electron chi connectivity index (χ3n) is 5.92. The van der Waals surface area contributed by atoms with Gasteiger partial charge in [0.1, 0.15) is 0 Å². The Morgan fingerprint density at radius 2 is 1.41 bits per heavy atom. The number of methoxy groups -OCH3 is 1. The maximum atomic E-state index is 12.9. The van der Waals surface area contributed by atoms with E-state index in [1.54, 1.807) is 7.11 Å². The normalized spacial score (nSPS) is 13.9. The van der Waals surface area contributed by atoms with Crippen LogP contribution in [0.2, 0.25) is 13.3 Å². The van der Waals surface area contributed by atoms with Gasteiger partial charge in [-0.05, 0) is 0 Å². The number of rotatable bonds is 16. The molecule has 1 amide bonds. The fourth-order valence-electron chi connectivity index (χ4n) is 4.32. The topological polar surface area (TPSA) is 64.6 Å². The average Bonchev–Trinajstić information content (AvgIpc) is 2.69. The van der Waals surface area contributed by atoms with Crippen LogP contribution in [0.15, 0.2) is 9.67 Å². The van der Waals surface area contributed by atoms with E-state index in [0.717, 1.165) is 19.3 Å². The molecule has 0 aliphatic heterocycles. The van der Waals surface area contributed by atoms with E-state index in [9.17, 15) is 9.59 Å². The minimum atomic E-state index is -2.99. The number of ketones is 1. The molecular weight excluding hydrogens is 509 g/mol. The first kappa shape index (κ1) is 31.4. The van der Waals surface area contributed by atoms with E-state index in [1.165, 1.54) is 36.2 Å². The van der Waals surface area contributed by atoms with Crippen molar-refractivity contribution >= 4 is 30.3 Å². The van der Waals surface area contributed by atoms with Gasteiger partial charge in [0.05, 0.1) is 0 Å². The molecule has 0 fully saturated rings. The molecule has 0 unspecified atom stereocenters. The predicted molar refractivity (Wildman–Crippen MR) is 138 cm³/mol. The second-order valence-electron chi connectivity index (χ2n) is 10.5. The Morgan fingerprint density at radius 1 is 0.938 bits per heavy atom. The fraction of sp³-hybridized carbons (Fsp3) is 0.846. The average molecular weight is 560 g/mol. The van der Waals surface area contributed by atoms with Crippen molar-refractivity contribution in [2.75, 3.05) is 13.7 Å². The van der Waals surface area contributed by atoms with Gasteiger partial charge in [-0.15, -0.1) is 0 Å². The second kappa shape index (κ2) is 16.1. The molecule has 0 heterocycles. The summed E-state index contributed by atoms with van der Waals surface area (Å²) in [5.41, 5.74) is -0.561. The van der Waals surface area contributed by atoms with E-state index >= 15 is 0 Å². The zero-order valence-corrected chi connectivity index (χ0v) is 25.3. The zero-order chi connectivity index (χ0) is 24.8. The molecule has 1 N–H and O–H groups in total. The van der Waals surface area contributed by atoms with Gasteiger partial charge in [0.25, 0.3) is 0 Å². The van der Waals surface area contributed by atoms with Crippen molar-refractivity contribution < 1.29 is 19.1 Å². The van der Waals surface area contributed by atoms with Gasteiger partial charge in [-0.25, -0.2) is 0 Å². The Morgan fingerprint density at radius 3 is 1.75 bits per heavy atom. The van der Waals surface area contributed by atoms with Gasteiger partial charge in [0, 0.05) is 0 Å². The maximum absolute atomic E-state index is 12.9. The number of unbranched alkanes of at least 4 members (excludes halogenated alkanes) is 3. The summed E-state index contributed by atoms with van der Waals surface area (Å²) >= 11 is -2.99. The van der Waals surface area contributed by atoms with Crippen LogP contribution in [-0.2, 0) is 14.3 Å². The van der Waals surface area contributed by atoms with Crippen molar-refractivity contribution in [3.05, 3.63) is 9.67 Å². The number of hydrogen-bond acceptors (Lipinski definition) is 4. The van der Waals surface area contributed by atoms with Crippen molar-refractivity contribution in [1.82, 2.24) is 5.32 Å². The van der Waals surface area contributed by atoms with Gasteiger partial charge in [-0.1, -0.05) is 0 Å². The Balaban J connectivity index is 6.52. The van der Waals surface area contributed by atoms with Gasteiger partial charge in [0.15, 0.2) is 0 Å². The second-order valence-corrected chi connectivity index (χ2v) is 23.7. The van der Waals surface area contributed by atoms with Gasteiger partial charge >= 0.3 is 203 Å². The van der Waals surface area contributed by atoms with E-state index < -0.39 is 30.1 Å². The SMILES string of the molecule is CCC[CH2][Sn]([CH2]CCC)([CH2]CCC)/[C](=C/C(=O)COC)[C@@H](NC(=O)OC(C)(C)C)C(C)C. The molecule has 0 radical (unpaired) electrons. The summed E-state index contributed by atoms with van der Waals surface area (Å²) in [5.74, 6) is 0.176. The number of nitrogens with one attached hydrogen (secondary N) is 1. The quantitative estimate of drug-likeness (QED) is 0.162. The van der Waals surface area contributed by atoms with Gasteiger partial charge < -0.3 is 0 Å². The Labute approximate surface area is 202 Å². The molecule has 0 saturated carbocycles. The van der Waals surface area contributed by atoms with Crippen molar-refractivity contribution in [3.63, 3.8) is 0 Å². The number of amides is 1. The standard InChI is InChI=1S/C14H24NO4.3C4H9.Sn/c1-10(2)12(8-7-11(16)9-18-6)15-13(17)19-14(3,4)5;3*1-3-4-2;/h7,10,12H,9H2,1-6H3,(H,15,17);3*1,3-4H2,2H3;/t12-;;;;/m1..../s1. The van der Waals surface area contributed by atoms with Gasteiger partial charge in [0.2, 0.25) is 0 Å². The third kappa shape index (κ3) is 12.1. The molecule has 0 spiro atoms. The van der Waals surface area contributed by atoms with E-state index in [2.05, 4.69) is 39.9 Å². The van der Waals surface area contributed by atoms with Crippen LogP contribution in [-0.4, -0.2) is 55.6 Å². The first-order chi connectivity index (χ1) is 15.0. The molecule has 1 atom stereocenters. The molecule has 0 aliphatic rings. The van der Waals surface area contributed by atoms with E-state index in [-0.39, 0.29) is 24.3 Å². The van der Waals surface area contributed by atoms with E-state index in [0.29, 0.717) is 0 Å². The minimum absolute atomic E-state index is 0.00436. The number of carbonyl (C=O) groups excluding carboxylic acids is 2. The molecule has 0 rings (SSSR count). The molecule has 0 aliphatic carbocycles. The third-order valence-corrected chi connectivity index (χ3v) is 21.9. The molecule has 5 nitrogen and oxygen atoms in total. The summed E-state index contributed by atoms with van der Waals surface area (Å²) < 4.78 is 15.7. The molecule has 0 bridgehead atoms. The van der Waals surface area contributed by atoms with Crippen LogP contribution in [0.3, 0.4) is 0 Å². The summed E-state index contributed by atoms with van der Waals surface area (Å²) in [4.78, 5) is 25.7. The number of hydrogen-bond donors (Lipinski definition) is 1. The van der Waals surface area contributed by atoms with Crippen molar-refractivity contribution in [1.29, 1.82) is 0 Å². The zero-order valence-electron chi connectivity index (χ0n) is 22.4. The van der Waals surface area contributed by atoms with Crippen LogP contribution in [0.4, 0.5) is 4.79 Å². The molecule has 6 heteroatoms. The Kier molecular flexibility index (Phi) is 15.8. The van der Waals surface area contributed by atoms with Crippen LogP contribution >= 0.6 is 0 Å². The van der Waals surface area contributed by atoms with Gasteiger partial charge in [-0.2, -0.15) is 0 Å². The van der Waals surface area contributed by atoms with E-state index in [4.69, 9.17) is 9.47 Å². The number of alkyl carbamates (subject to hydrolysis) is 1. The molecule has 0 saturated heterocycles. The summed E-state index contributed by atoms with van der Waals surface area (Å²) in [7, 11) is 1.56. The number of carbonyl (C=O) groups is 2. The van der Waals surface area contributed by atoms with E-state index in [1.807, 2.05) is 26.8 Å². The molecule has 0 aromatic rings. The summed E-state index contributed by atoms with van der Waals surface area (Å²) in [6.07, 6.45) is 8.52. The van der Waals surface area contributed by atoms with Crippen LogP contribution < -0.4 is 5.32 Å². The monoisotopic (exact) mass is 561 g/mol. The molecule has 0 aromatic heterocycles. The Bertz CT molecular complexity index is 559. The van der Waals surface area contributed by atoms with Crippen molar-refractivity contribution in [3.8, 4) is 0 Å². The Hall–Kier alpha value is -0.561. The molecule has 32 heavy (non-hydrogen) atoms. The van der Waals surface area contributed by atoms with Gasteiger partial charge in [-0.3, -0.25) is 0 Å². The summed E-state index contributed by atoms with van der Waals surface area (Å²) in [6.45, 7) is 16.7. The number of ether oxygens (including phenoxy) is 2. The summed E-state index contributed by atoms with van der Waals surface area (Å²) in [6, 6.07) is -0.174. The van der Waals surface area contributed by atoms with Crippen LogP contribution in [0.1, 0.15) is 93.9 Å². The first-order valence-corrected chi connectivity index (χ1v) is 20.2. The molecular formula is C26H51NO4Sn. The molecule has 188 valence electrons. The van der Waals surface area contributed by atoms with Crippen LogP contribution in [0, 0.1) is 5.92 Å². The fourth-order valence-corrected chi connectivity index (χ4v) is 22.1. The molecule has 0 aromatic carbocycles. The van der Waals surface area contributed by atoms with Crippen molar-refractivity contribution in [2.24, 2.45) is 5.92 Å². The van der Waals surface area contributed by atoms with Crippen LogP contribution in [0.5, 0.6) is 0 Å². The predicted octanol–water partition coefficient (Wildman–Crippen LogP) is 7.07. The van der Waals surface area contributed by atoms with Crippen LogP contribution in [0.25, 0.3) is 0 Å². The summed E-state index contributed by atoms with van der Waals surface area (Å²) in [5, 5.41) is 3.19.